The van der Waals surface area contributed by atoms with Gasteiger partial charge in [-0.15, -0.1) is 11.6 Å². The van der Waals surface area contributed by atoms with Crippen molar-refractivity contribution in [2.45, 2.75) is 18.2 Å². The first-order valence-electron chi connectivity index (χ1n) is 5.44. The number of anilines is 1. The number of halogens is 1. The van der Waals surface area contributed by atoms with Crippen molar-refractivity contribution in [3.05, 3.63) is 23.8 Å². The molecule has 1 saturated heterocycles. The van der Waals surface area contributed by atoms with E-state index in [0.29, 0.717) is 13.0 Å². The summed E-state index contributed by atoms with van der Waals surface area (Å²) < 4.78 is 5.43. The van der Waals surface area contributed by atoms with Gasteiger partial charge in [0.1, 0.15) is 5.75 Å². The standard InChI is InChI=1S/C12H12ClNO2/c13-9-6-12(15)14(7-9)10-1-2-11-8(5-10)3-4-16-11/h1-2,5,9H,3-4,6-7H2. The zero-order valence-corrected chi connectivity index (χ0v) is 9.54. The van der Waals surface area contributed by atoms with Gasteiger partial charge in [0.25, 0.3) is 0 Å². The molecule has 4 heteroatoms. The molecule has 2 aliphatic rings. The fraction of sp³-hybridized carbons (Fsp3) is 0.417. The van der Waals surface area contributed by atoms with E-state index < -0.39 is 0 Å². The van der Waals surface area contributed by atoms with Crippen LogP contribution in [-0.2, 0) is 11.2 Å². The van der Waals surface area contributed by atoms with Gasteiger partial charge in [0.05, 0.1) is 12.0 Å². The molecular weight excluding hydrogens is 226 g/mol. The Hall–Kier alpha value is -1.22. The van der Waals surface area contributed by atoms with E-state index in [1.807, 2.05) is 18.2 Å². The van der Waals surface area contributed by atoms with Gasteiger partial charge in [-0.2, -0.15) is 0 Å². The van der Waals surface area contributed by atoms with Crippen molar-refractivity contribution in [3.8, 4) is 5.75 Å². The third-order valence-electron chi connectivity index (χ3n) is 3.06. The summed E-state index contributed by atoms with van der Waals surface area (Å²) >= 11 is 5.98. The van der Waals surface area contributed by atoms with E-state index in [1.54, 1.807) is 4.90 Å². The third kappa shape index (κ3) is 1.55. The normalized spacial score (nSPS) is 23.4. The minimum absolute atomic E-state index is 0.0583. The van der Waals surface area contributed by atoms with Crippen molar-refractivity contribution in [1.82, 2.24) is 0 Å². The van der Waals surface area contributed by atoms with Crippen LogP contribution in [0.5, 0.6) is 5.75 Å². The van der Waals surface area contributed by atoms with Crippen LogP contribution in [0.1, 0.15) is 12.0 Å². The van der Waals surface area contributed by atoms with Gasteiger partial charge >= 0.3 is 0 Å². The van der Waals surface area contributed by atoms with Crippen molar-refractivity contribution in [1.29, 1.82) is 0 Å². The van der Waals surface area contributed by atoms with E-state index >= 15 is 0 Å². The maximum Gasteiger partial charge on any atom is 0.228 e. The lowest BCUT2D eigenvalue weighted by Crippen LogP contribution is -2.24. The molecule has 0 N–H and O–H groups in total. The second kappa shape index (κ2) is 3.67. The molecule has 1 amide bonds. The van der Waals surface area contributed by atoms with Crippen LogP contribution in [0.15, 0.2) is 18.2 Å². The summed E-state index contributed by atoms with van der Waals surface area (Å²) in [5.74, 6) is 1.05. The van der Waals surface area contributed by atoms with Gasteiger partial charge in [-0.25, -0.2) is 0 Å². The Morgan fingerprint density at radius 1 is 1.44 bits per heavy atom. The Labute approximate surface area is 98.9 Å². The topological polar surface area (TPSA) is 29.5 Å². The molecule has 0 bridgehead atoms. The minimum atomic E-state index is -0.0583. The molecule has 16 heavy (non-hydrogen) atoms. The molecule has 1 aromatic rings. The molecule has 0 spiro atoms. The summed E-state index contributed by atoms with van der Waals surface area (Å²) in [6.45, 7) is 1.35. The van der Waals surface area contributed by atoms with Crippen molar-refractivity contribution in [3.63, 3.8) is 0 Å². The molecule has 1 atom stereocenters. The number of hydrogen-bond donors (Lipinski definition) is 0. The number of nitrogens with zero attached hydrogens (tertiary/aromatic N) is 1. The van der Waals surface area contributed by atoms with Crippen molar-refractivity contribution in [2.24, 2.45) is 0 Å². The van der Waals surface area contributed by atoms with E-state index in [-0.39, 0.29) is 11.3 Å². The molecule has 2 heterocycles. The smallest absolute Gasteiger partial charge is 0.228 e. The lowest BCUT2D eigenvalue weighted by Gasteiger charge is -2.16. The molecule has 1 unspecified atom stereocenters. The first-order valence-corrected chi connectivity index (χ1v) is 5.88. The highest BCUT2D eigenvalue weighted by molar-refractivity contribution is 6.24. The van der Waals surface area contributed by atoms with Gasteiger partial charge in [0, 0.05) is 25.1 Å². The summed E-state index contributed by atoms with van der Waals surface area (Å²) in [6, 6.07) is 5.90. The molecule has 2 aliphatic heterocycles. The number of rotatable bonds is 1. The summed E-state index contributed by atoms with van der Waals surface area (Å²) in [7, 11) is 0. The molecule has 3 nitrogen and oxygen atoms in total. The molecule has 0 aliphatic carbocycles. The van der Waals surface area contributed by atoms with E-state index in [1.165, 1.54) is 5.56 Å². The number of carbonyl (C=O) groups excluding carboxylic acids is 1. The quantitative estimate of drug-likeness (QED) is 0.699. The van der Waals surface area contributed by atoms with Gasteiger partial charge < -0.3 is 9.64 Å². The first-order chi connectivity index (χ1) is 7.74. The second-order valence-corrected chi connectivity index (χ2v) is 4.81. The van der Waals surface area contributed by atoms with Crippen molar-refractivity contribution >= 4 is 23.2 Å². The fourth-order valence-electron chi connectivity index (χ4n) is 2.25. The SMILES string of the molecule is O=C1CC(Cl)CN1c1ccc2c(c1)CCO2. The molecule has 0 radical (unpaired) electrons. The highest BCUT2D eigenvalue weighted by Gasteiger charge is 2.29. The Balaban J connectivity index is 1.92. The van der Waals surface area contributed by atoms with Gasteiger partial charge in [-0.05, 0) is 23.8 Å². The van der Waals surface area contributed by atoms with Crippen LogP contribution >= 0.6 is 11.6 Å². The average molecular weight is 238 g/mol. The average Bonchev–Trinajstić information content (AvgIpc) is 2.83. The molecule has 1 aromatic carbocycles. The summed E-state index contributed by atoms with van der Waals surface area (Å²) in [5.41, 5.74) is 2.13. The van der Waals surface area contributed by atoms with Crippen molar-refractivity contribution < 1.29 is 9.53 Å². The maximum atomic E-state index is 11.7. The largest absolute Gasteiger partial charge is 0.493 e. The number of fused-ring (bicyclic) bond motifs is 1. The summed E-state index contributed by atoms with van der Waals surface area (Å²) in [4.78, 5) is 13.5. The van der Waals surface area contributed by atoms with E-state index in [2.05, 4.69) is 0 Å². The fourth-order valence-corrected chi connectivity index (χ4v) is 2.52. The molecule has 0 aromatic heterocycles. The van der Waals surface area contributed by atoms with Crippen LogP contribution < -0.4 is 9.64 Å². The van der Waals surface area contributed by atoms with Crippen LogP contribution in [0.3, 0.4) is 0 Å². The predicted octanol–water partition coefficient (Wildman–Crippen LogP) is 1.97. The number of ether oxygens (including phenoxy) is 1. The van der Waals surface area contributed by atoms with E-state index in [4.69, 9.17) is 16.3 Å². The summed E-state index contributed by atoms with van der Waals surface area (Å²) in [6.07, 6.45) is 1.37. The first kappa shape index (κ1) is 9.97. The Morgan fingerprint density at radius 2 is 2.31 bits per heavy atom. The number of carbonyl (C=O) groups is 1. The molecule has 0 saturated carbocycles. The number of alkyl halides is 1. The number of hydrogen-bond acceptors (Lipinski definition) is 2. The Kier molecular flexibility index (Phi) is 2.28. The third-order valence-corrected chi connectivity index (χ3v) is 3.35. The molecule has 84 valence electrons. The summed E-state index contributed by atoms with van der Waals surface area (Å²) in [5, 5.41) is -0.0583. The highest BCUT2D eigenvalue weighted by Crippen LogP contribution is 2.31. The number of benzene rings is 1. The van der Waals surface area contributed by atoms with Gasteiger partial charge in [0.15, 0.2) is 0 Å². The van der Waals surface area contributed by atoms with Gasteiger partial charge in [-0.3, -0.25) is 4.79 Å². The van der Waals surface area contributed by atoms with Crippen LogP contribution in [0, 0.1) is 0 Å². The van der Waals surface area contributed by atoms with Crippen LogP contribution in [0.2, 0.25) is 0 Å². The number of amides is 1. The zero-order valence-electron chi connectivity index (χ0n) is 8.78. The van der Waals surface area contributed by atoms with Crippen LogP contribution in [-0.4, -0.2) is 24.4 Å². The van der Waals surface area contributed by atoms with E-state index in [9.17, 15) is 4.79 Å². The highest BCUT2D eigenvalue weighted by atomic mass is 35.5. The minimum Gasteiger partial charge on any atom is -0.493 e. The maximum absolute atomic E-state index is 11.7. The molecule has 3 rings (SSSR count). The van der Waals surface area contributed by atoms with Crippen molar-refractivity contribution in [2.75, 3.05) is 18.1 Å². The molecular formula is C12H12ClNO2. The lowest BCUT2D eigenvalue weighted by atomic mass is 10.1. The van der Waals surface area contributed by atoms with Crippen LogP contribution in [0.25, 0.3) is 0 Å². The molecule has 1 fully saturated rings. The van der Waals surface area contributed by atoms with Gasteiger partial charge in [0.2, 0.25) is 5.91 Å². The van der Waals surface area contributed by atoms with Crippen LogP contribution in [0.4, 0.5) is 5.69 Å². The van der Waals surface area contributed by atoms with Gasteiger partial charge in [-0.1, -0.05) is 0 Å². The lowest BCUT2D eigenvalue weighted by molar-refractivity contribution is -0.117. The second-order valence-electron chi connectivity index (χ2n) is 4.20. The Morgan fingerprint density at radius 3 is 3.06 bits per heavy atom. The van der Waals surface area contributed by atoms with E-state index in [0.717, 1.165) is 24.5 Å². The Bertz CT molecular complexity index is 447. The predicted molar refractivity (Wildman–Crippen MR) is 62.3 cm³/mol. The zero-order chi connectivity index (χ0) is 11.1. The monoisotopic (exact) mass is 237 g/mol.